The zero-order chi connectivity index (χ0) is 15.7. The molecule has 0 atom stereocenters. The number of sulfonamides is 1. The number of nitrogens with zero attached hydrogens (tertiary/aromatic N) is 1. The summed E-state index contributed by atoms with van der Waals surface area (Å²) in [6.07, 6.45) is 1.27. The molecule has 0 saturated heterocycles. The zero-order valence-electron chi connectivity index (χ0n) is 12.4. The Morgan fingerprint density at radius 3 is 2.05 bits per heavy atom. The maximum Gasteiger partial charge on any atom is 0.243 e. The lowest BCUT2D eigenvalue weighted by atomic mass is 10.0. The van der Waals surface area contributed by atoms with Gasteiger partial charge in [0.2, 0.25) is 10.0 Å². The van der Waals surface area contributed by atoms with E-state index in [1.165, 1.54) is 0 Å². The molecule has 1 heterocycles. The first-order chi connectivity index (χ1) is 10.5. The van der Waals surface area contributed by atoms with Gasteiger partial charge in [-0.15, -0.1) is 0 Å². The van der Waals surface area contributed by atoms with E-state index < -0.39 is 10.0 Å². The fraction of sp³-hybridized carbons (Fsp3) is 0.294. The van der Waals surface area contributed by atoms with Gasteiger partial charge >= 0.3 is 0 Å². The predicted octanol–water partition coefficient (Wildman–Crippen LogP) is 3.44. The van der Waals surface area contributed by atoms with Gasteiger partial charge in [0.25, 0.3) is 0 Å². The zero-order valence-corrected chi connectivity index (χ0v) is 14.0. The first-order valence-corrected chi connectivity index (χ1v) is 9.13. The number of rotatable bonds is 2. The van der Waals surface area contributed by atoms with Gasteiger partial charge < -0.3 is 0 Å². The van der Waals surface area contributed by atoms with Crippen LogP contribution in [-0.2, 0) is 22.9 Å². The van der Waals surface area contributed by atoms with Crippen LogP contribution < -0.4 is 0 Å². The molecule has 0 radical (unpaired) electrons. The molecule has 0 aromatic heterocycles. The highest BCUT2D eigenvalue weighted by Crippen LogP contribution is 2.26. The number of fused-ring (bicyclic) bond motifs is 2. The summed E-state index contributed by atoms with van der Waals surface area (Å²) in [6, 6.07) is 12.9. The van der Waals surface area contributed by atoms with Crippen LogP contribution in [0.3, 0.4) is 0 Å². The summed E-state index contributed by atoms with van der Waals surface area (Å²) in [5, 5.41) is 0.787. The summed E-state index contributed by atoms with van der Waals surface area (Å²) < 4.78 is 27.2. The van der Waals surface area contributed by atoms with Crippen LogP contribution in [-0.4, -0.2) is 25.8 Å². The Labute approximate surface area is 136 Å². The molecule has 2 bridgehead atoms. The fourth-order valence-corrected chi connectivity index (χ4v) is 4.48. The van der Waals surface area contributed by atoms with E-state index >= 15 is 0 Å². The Kier molecular flexibility index (Phi) is 4.26. The van der Waals surface area contributed by atoms with Crippen molar-refractivity contribution in [1.29, 1.82) is 0 Å². The molecule has 0 N–H and O–H groups in total. The molecule has 0 fully saturated rings. The summed E-state index contributed by atoms with van der Waals surface area (Å²) >= 11 is 6.35. The van der Waals surface area contributed by atoms with E-state index in [9.17, 15) is 8.42 Å². The molecule has 5 heteroatoms. The lowest BCUT2D eigenvalue weighted by molar-refractivity contribution is 0.414. The molecule has 1 aliphatic rings. The summed E-state index contributed by atoms with van der Waals surface area (Å²) in [6.45, 7) is 2.86. The molecule has 3 nitrogen and oxygen atoms in total. The van der Waals surface area contributed by atoms with E-state index in [-0.39, 0.29) is 0 Å². The fourth-order valence-electron chi connectivity index (χ4n) is 2.72. The minimum absolute atomic E-state index is 0.355. The first-order valence-electron chi connectivity index (χ1n) is 7.31. The largest absolute Gasteiger partial charge is 0.243 e. The van der Waals surface area contributed by atoms with E-state index in [1.54, 1.807) is 16.4 Å². The van der Waals surface area contributed by atoms with Crippen LogP contribution in [0.25, 0.3) is 0 Å². The van der Waals surface area contributed by atoms with E-state index in [4.69, 9.17) is 11.6 Å². The number of aryl methyl sites for hydroxylation is 1. The van der Waals surface area contributed by atoms with Gasteiger partial charge in [0.15, 0.2) is 0 Å². The molecular weight excluding hydrogens is 318 g/mol. The van der Waals surface area contributed by atoms with Crippen molar-refractivity contribution < 1.29 is 8.42 Å². The number of hydrogen-bond acceptors (Lipinski definition) is 2. The van der Waals surface area contributed by atoms with Gasteiger partial charge in [-0.1, -0.05) is 47.5 Å². The summed E-state index contributed by atoms with van der Waals surface area (Å²) in [4.78, 5) is 0.355. The van der Waals surface area contributed by atoms with E-state index in [1.807, 2.05) is 37.3 Å². The van der Waals surface area contributed by atoms with E-state index in [2.05, 4.69) is 0 Å². The molecular formula is C17H18ClNO2S. The van der Waals surface area contributed by atoms with Crippen molar-refractivity contribution in [2.24, 2.45) is 0 Å². The van der Waals surface area contributed by atoms with Gasteiger partial charge in [0, 0.05) is 18.1 Å². The highest BCUT2D eigenvalue weighted by molar-refractivity contribution is 7.89. The molecule has 22 heavy (non-hydrogen) atoms. The molecule has 0 spiro atoms. The van der Waals surface area contributed by atoms with Crippen LogP contribution in [0.1, 0.15) is 16.7 Å². The van der Waals surface area contributed by atoms with Gasteiger partial charge in [0.1, 0.15) is 0 Å². The Balaban J connectivity index is 1.90. The maximum atomic E-state index is 12.8. The minimum Gasteiger partial charge on any atom is -0.207 e. The number of benzene rings is 2. The van der Waals surface area contributed by atoms with E-state index in [0.29, 0.717) is 30.8 Å². The van der Waals surface area contributed by atoms with Gasteiger partial charge in [-0.2, -0.15) is 4.31 Å². The Morgan fingerprint density at radius 1 is 0.955 bits per heavy atom. The maximum absolute atomic E-state index is 12.8. The van der Waals surface area contributed by atoms with Crippen molar-refractivity contribution in [2.45, 2.75) is 24.7 Å². The second-order valence-corrected chi connectivity index (χ2v) is 7.92. The molecule has 2 aromatic rings. The highest BCUT2D eigenvalue weighted by Gasteiger charge is 2.26. The van der Waals surface area contributed by atoms with Crippen LogP contribution in [0.2, 0.25) is 5.02 Å². The topological polar surface area (TPSA) is 37.4 Å². The average Bonchev–Trinajstić information content (AvgIpc) is 2.50. The van der Waals surface area contributed by atoms with E-state index in [0.717, 1.165) is 21.7 Å². The SMILES string of the molecule is Cc1ccc(S(=O)(=O)N2CCc3cccc(c3Cl)CC2)cc1. The van der Waals surface area contributed by atoms with Crippen molar-refractivity contribution in [3.05, 3.63) is 64.2 Å². The Bertz CT molecular complexity index is 759. The van der Waals surface area contributed by atoms with Crippen molar-refractivity contribution in [2.75, 3.05) is 13.1 Å². The molecule has 0 unspecified atom stereocenters. The third kappa shape index (κ3) is 2.91. The summed E-state index contributed by atoms with van der Waals surface area (Å²) in [5.41, 5.74) is 3.08. The Hall–Kier alpha value is -1.36. The third-order valence-corrected chi connectivity index (χ3v) is 6.48. The smallest absolute Gasteiger partial charge is 0.207 e. The average molecular weight is 336 g/mol. The highest BCUT2D eigenvalue weighted by atomic mass is 35.5. The number of halogens is 1. The minimum atomic E-state index is -3.45. The second kappa shape index (κ2) is 6.03. The quantitative estimate of drug-likeness (QED) is 0.843. The van der Waals surface area contributed by atoms with Crippen LogP contribution >= 0.6 is 11.6 Å². The second-order valence-electron chi connectivity index (χ2n) is 5.61. The third-order valence-electron chi connectivity index (χ3n) is 4.08. The van der Waals surface area contributed by atoms with Gasteiger partial charge in [-0.3, -0.25) is 0 Å². The monoisotopic (exact) mass is 335 g/mol. The van der Waals surface area contributed by atoms with Crippen LogP contribution in [0, 0.1) is 6.92 Å². The summed E-state index contributed by atoms with van der Waals surface area (Å²) in [5.74, 6) is 0. The van der Waals surface area contributed by atoms with Crippen LogP contribution in [0.15, 0.2) is 47.4 Å². The number of hydrogen-bond donors (Lipinski definition) is 0. The molecule has 0 amide bonds. The van der Waals surface area contributed by atoms with Crippen LogP contribution in [0.4, 0.5) is 0 Å². The molecule has 3 rings (SSSR count). The van der Waals surface area contributed by atoms with Gasteiger partial charge in [0.05, 0.1) is 4.90 Å². The first kappa shape index (κ1) is 15.5. The van der Waals surface area contributed by atoms with Crippen molar-refractivity contribution >= 4 is 21.6 Å². The standard InChI is InChI=1S/C17H18ClNO2S/c1-13-5-7-16(8-6-13)22(20,21)19-11-9-14-3-2-4-15(10-12-19)17(14)18/h2-8H,9-12H2,1H3. The van der Waals surface area contributed by atoms with Crippen LogP contribution in [0.5, 0.6) is 0 Å². The molecule has 116 valence electrons. The molecule has 2 aromatic carbocycles. The van der Waals surface area contributed by atoms with Gasteiger partial charge in [-0.05, 0) is 43.0 Å². The lowest BCUT2D eigenvalue weighted by Gasteiger charge is -2.25. The van der Waals surface area contributed by atoms with Gasteiger partial charge in [-0.25, -0.2) is 8.42 Å². The predicted molar refractivity (Wildman–Crippen MR) is 88.8 cm³/mol. The molecule has 0 aliphatic carbocycles. The normalized spacial score (nSPS) is 16.1. The summed E-state index contributed by atoms with van der Waals surface area (Å²) in [7, 11) is -3.45. The Morgan fingerprint density at radius 2 is 1.50 bits per heavy atom. The van der Waals surface area contributed by atoms with Crippen molar-refractivity contribution in [3.63, 3.8) is 0 Å². The molecule has 1 aliphatic heterocycles. The lowest BCUT2D eigenvalue weighted by Crippen LogP contribution is -2.35. The van der Waals surface area contributed by atoms with Crippen molar-refractivity contribution in [3.8, 4) is 0 Å². The van der Waals surface area contributed by atoms with Crippen molar-refractivity contribution in [1.82, 2.24) is 4.31 Å². The molecule has 0 saturated carbocycles.